The van der Waals surface area contributed by atoms with E-state index < -0.39 is 7.26 Å². The van der Waals surface area contributed by atoms with Gasteiger partial charge in [0.1, 0.15) is 23.2 Å². The Labute approximate surface area is 187 Å². The summed E-state index contributed by atoms with van der Waals surface area (Å²) in [4.78, 5) is 0. The smallest absolute Gasteiger partial charge is 0.157 e. The van der Waals surface area contributed by atoms with Crippen molar-refractivity contribution >= 4 is 23.2 Å². The highest BCUT2D eigenvalue weighted by atomic mass is 31.2. The van der Waals surface area contributed by atoms with Crippen molar-refractivity contribution in [2.45, 2.75) is 32.0 Å². The number of hydrogen-bond donors (Lipinski definition) is 0. The Bertz CT molecular complexity index is 822. The van der Waals surface area contributed by atoms with Crippen LogP contribution in [0.1, 0.15) is 25.7 Å². The van der Waals surface area contributed by atoms with E-state index in [2.05, 4.69) is 103 Å². The predicted molar refractivity (Wildman–Crippen MR) is 133 cm³/mol. The van der Waals surface area contributed by atoms with Crippen LogP contribution < -0.4 is 15.9 Å². The van der Waals surface area contributed by atoms with Gasteiger partial charge in [0.05, 0.1) is 12.8 Å². The first kappa shape index (κ1) is 22.0. The molecule has 1 aliphatic rings. The molecule has 1 fully saturated rings. The summed E-state index contributed by atoms with van der Waals surface area (Å²) in [5.41, 5.74) is 0. The molecule has 0 spiro atoms. The minimum atomic E-state index is -1.75. The zero-order valence-electron chi connectivity index (χ0n) is 18.1. The van der Waals surface area contributed by atoms with Crippen molar-refractivity contribution in [2.75, 3.05) is 19.4 Å². The second kappa shape index (κ2) is 11.4. The van der Waals surface area contributed by atoms with Gasteiger partial charge in [0, 0.05) is 13.0 Å². The quantitative estimate of drug-likeness (QED) is 0.330. The molecular weight excluding hydrogens is 399 g/mol. The zero-order valence-corrected chi connectivity index (χ0v) is 19.0. The molecule has 0 amide bonds. The Morgan fingerprint density at radius 2 is 1.29 bits per heavy atom. The molecular formula is C28H32O2P+. The van der Waals surface area contributed by atoms with Crippen LogP contribution in [0.25, 0.3) is 0 Å². The molecule has 1 saturated heterocycles. The predicted octanol–water partition coefficient (Wildman–Crippen LogP) is 5.47. The largest absolute Gasteiger partial charge is 0.353 e. The van der Waals surface area contributed by atoms with Gasteiger partial charge in [0.25, 0.3) is 0 Å². The standard InChI is InChI=1S/C28H32O2P/c1-5-15-25(16-6-1)31(26-17-7-2-8-18-26,27-19-9-3-10-20-27)24-14-4-12-22-29-28-21-11-13-23-30-28/h1-10,12,15-20,28H,11,13-14,21-24H2/q+1/b12-4-. The highest BCUT2D eigenvalue weighted by molar-refractivity contribution is 7.95. The van der Waals surface area contributed by atoms with Gasteiger partial charge >= 0.3 is 0 Å². The van der Waals surface area contributed by atoms with E-state index in [1.807, 2.05) is 0 Å². The SMILES string of the molecule is C(=C/COC1CCCCO1)/CC[P+](c1ccccc1)(c1ccccc1)c1ccccc1. The monoisotopic (exact) mass is 431 g/mol. The first-order valence-corrected chi connectivity index (χ1v) is 13.3. The van der Waals surface area contributed by atoms with Gasteiger partial charge in [-0.25, -0.2) is 0 Å². The van der Waals surface area contributed by atoms with E-state index in [0.29, 0.717) is 6.61 Å². The molecule has 3 aromatic rings. The van der Waals surface area contributed by atoms with Gasteiger partial charge < -0.3 is 9.47 Å². The Morgan fingerprint density at radius 1 is 0.742 bits per heavy atom. The highest BCUT2D eigenvalue weighted by Gasteiger charge is 2.44. The first-order chi connectivity index (χ1) is 15.4. The van der Waals surface area contributed by atoms with Gasteiger partial charge in [0.15, 0.2) is 6.29 Å². The van der Waals surface area contributed by atoms with Crippen LogP contribution >= 0.6 is 7.26 Å². The Hall–Kier alpha value is -2.25. The second-order valence-electron chi connectivity index (χ2n) is 7.93. The third-order valence-electron chi connectivity index (χ3n) is 5.90. The second-order valence-corrected chi connectivity index (χ2v) is 11.5. The summed E-state index contributed by atoms with van der Waals surface area (Å²) in [6, 6.07) is 33.2. The van der Waals surface area contributed by atoms with Crippen LogP contribution in [0.3, 0.4) is 0 Å². The molecule has 31 heavy (non-hydrogen) atoms. The average molecular weight is 432 g/mol. The molecule has 1 unspecified atom stereocenters. The first-order valence-electron chi connectivity index (χ1n) is 11.3. The van der Waals surface area contributed by atoms with Crippen LogP contribution in [0.4, 0.5) is 0 Å². The van der Waals surface area contributed by atoms with Crippen molar-refractivity contribution in [3.05, 3.63) is 103 Å². The lowest BCUT2D eigenvalue weighted by molar-refractivity contribution is -0.155. The number of hydrogen-bond acceptors (Lipinski definition) is 2. The summed E-state index contributed by atoms with van der Waals surface area (Å²) in [6.07, 6.45) is 9.90. The van der Waals surface area contributed by atoms with Crippen molar-refractivity contribution in [3.8, 4) is 0 Å². The van der Waals surface area contributed by atoms with Gasteiger partial charge in [-0.1, -0.05) is 66.7 Å². The molecule has 0 aliphatic carbocycles. The molecule has 1 atom stereocenters. The topological polar surface area (TPSA) is 18.5 Å². The highest BCUT2D eigenvalue weighted by Crippen LogP contribution is 2.55. The van der Waals surface area contributed by atoms with Gasteiger partial charge in [-0.15, -0.1) is 0 Å². The third kappa shape index (κ3) is 5.52. The van der Waals surface area contributed by atoms with Crippen molar-refractivity contribution in [1.82, 2.24) is 0 Å². The molecule has 4 rings (SSSR count). The summed E-state index contributed by atoms with van der Waals surface area (Å²) in [5, 5.41) is 4.31. The summed E-state index contributed by atoms with van der Waals surface area (Å²) >= 11 is 0. The fourth-order valence-electron chi connectivity index (χ4n) is 4.34. The molecule has 1 aliphatic heterocycles. The fourth-order valence-corrected chi connectivity index (χ4v) is 8.59. The average Bonchev–Trinajstić information content (AvgIpc) is 2.86. The molecule has 3 heteroatoms. The van der Waals surface area contributed by atoms with Crippen molar-refractivity contribution in [2.24, 2.45) is 0 Å². The maximum atomic E-state index is 5.87. The summed E-state index contributed by atoms with van der Waals surface area (Å²) in [6.45, 7) is 1.45. The van der Waals surface area contributed by atoms with Crippen LogP contribution in [-0.2, 0) is 9.47 Å². The van der Waals surface area contributed by atoms with E-state index in [1.165, 1.54) is 22.3 Å². The van der Waals surface area contributed by atoms with Crippen molar-refractivity contribution in [1.29, 1.82) is 0 Å². The number of ether oxygens (including phenoxy) is 2. The van der Waals surface area contributed by atoms with E-state index >= 15 is 0 Å². The molecule has 2 nitrogen and oxygen atoms in total. The number of allylic oxidation sites excluding steroid dienone is 1. The maximum absolute atomic E-state index is 5.87. The molecule has 0 aromatic heterocycles. The van der Waals surface area contributed by atoms with Crippen LogP contribution in [0.15, 0.2) is 103 Å². The minimum Gasteiger partial charge on any atom is -0.353 e. The Kier molecular flexibility index (Phi) is 8.07. The summed E-state index contributed by atoms with van der Waals surface area (Å²) in [7, 11) is -1.75. The van der Waals surface area contributed by atoms with Crippen molar-refractivity contribution < 1.29 is 9.47 Å². The molecule has 1 heterocycles. The van der Waals surface area contributed by atoms with Gasteiger partial charge in [0.2, 0.25) is 0 Å². The molecule has 0 N–H and O–H groups in total. The van der Waals surface area contributed by atoms with Gasteiger partial charge in [-0.3, -0.25) is 0 Å². The lowest BCUT2D eigenvalue weighted by Gasteiger charge is -2.27. The summed E-state index contributed by atoms with van der Waals surface area (Å²) in [5.74, 6) is 0. The van der Waals surface area contributed by atoms with E-state index in [-0.39, 0.29) is 6.29 Å². The van der Waals surface area contributed by atoms with Gasteiger partial charge in [-0.2, -0.15) is 0 Å². The number of benzene rings is 3. The van der Waals surface area contributed by atoms with E-state index in [1.54, 1.807) is 0 Å². The normalized spacial score (nSPS) is 17.1. The van der Waals surface area contributed by atoms with E-state index in [9.17, 15) is 0 Å². The van der Waals surface area contributed by atoms with Crippen molar-refractivity contribution in [3.63, 3.8) is 0 Å². The fraction of sp³-hybridized carbons (Fsp3) is 0.286. The zero-order chi connectivity index (χ0) is 21.2. The molecule has 0 bridgehead atoms. The lowest BCUT2D eigenvalue weighted by Crippen LogP contribution is -2.33. The molecule has 3 aromatic carbocycles. The summed E-state index contributed by atoms with van der Waals surface area (Å²) < 4.78 is 11.5. The lowest BCUT2D eigenvalue weighted by atomic mass is 10.2. The van der Waals surface area contributed by atoms with Gasteiger partial charge in [-0.05, 0) is 55.7 Å². The molecule has 160 valence electrons. The van der Waals surface area contributed by atoms with Crippen LogP contribution in [0, 0.1) is 0 Å². The van der Waals surface area contributed by atoms with Crippen LogP contribution in [-0.4, -0.2) is 25.7 Å². The molecule has 0 radical (unpaired) electrons. The Balaban J connectivity index is 1.56. The van der Waals surface area contributed by atoms with Crippen LogP contribution in [0.2, 0.25) is 0 Å². The van der Waals surface area contributed by atoms with E-state index in [4.69, 9.17) is 9.47 Å². The van der Waals surface area contributed by atoms with Crippen LogP contribution in [0.5, 0.6) is 0 Å². The maximum Gasteiger partial charge on any atom is 0.157 e. The Morgan fingerprint density at radius 3 is 1.77 bits per heavy atom. The third-order valence-corrected chi connectivity index (χ3v) is 10.4. The molecule has 0 saturated carbocycles. The number of rotatable bonds is 9. The van der Waals surface area contributed by atoms with E-state index in [0.717, 1.165) is 32.0 Å². The minimum absolute atomic E-state index is 0.0250.